The van der Waals surface area contributed by atoms with Crippen LogP contribution in [0, 0.1) is 5.92 Å². The largest absolute Gasteiger partial charge is 0.338 e. The Morgan fingerprint density at radius 2 is 2.00 bits per heavy atom. The number of amides is 1. The minimum Gasteiger partial charge on any atom is -0.338 e. The van der Waals surface area contributed by atoms with E-state index < -0.39 is 0 Å². The van der Waals surface area contributed by atoms with Gasteiger partial charge in [0, 0.05) is 24.2 Å². The summed E-state index contributed by atoms with van der Waals surface area (Å²) in [6.07, 6.45) is 5.31. The van der Waals surface area contributed by atoms with Crippen LogP contribution in [0.1, 0.15) is 44.6 Å². The smallest absolute Gasteiger partial charge is 0.227 e. The van der Waals surface area contributed by atoms with E-state index in [2.05, 4.69) is 0 Å². The Bertz CT molecular complexity index is 478. The third-order valence-corrected chi connectivity index (χ3v) is 4.77. The summed E-state index contributed by atoms with van der Waals surface area (Å²) in [6, 6.07) is 7.71. The normalized spacial score (nSPS) is 22.6. The van der Waals surface area contributed by atoms with Crippen LogP contribution in [-0.2, 0) is 11.3 Å². The molecule has 1 aromatic carbocycles. The van der Waals surface area contributed by atoms with Crippen molar-refractivity contribution >= 4 is 17.5 Å². The molecule has 1 amide bonds. The maximum atomic E-state index is 12.8. The molecular formula is C17H25ClN2O. The van der Waals surface area contributed by atoms with Gasteiger partial charge in [-0.3, -0.25) is 4.79 Å². The van der Waals surface area contributed by atoms with Crippen LogP contribution in [0.25, 0.3) is 0 Å². The zero-order valence-corrected chi connectivity index (χ0v) is 13.5. The Kier molecular flexibility index (Phi) is 6.07. The summed E-state index contributed by atoms with van der Waals surface area (Å²) < 4.78 is 0. The van der Waals surface area contributed by atoms with Gasteiger partial charge in [-0.1, -0.05) is 49.1 Å². The Hall–Kier alpha value is -1.06. The van der Waals surface area contributed by atoms with E-state index in [-0.39, 0.29) is 17.9 Å². The zero-order chi connectivity index (χ0) is 15.2. The van der Waals surface area contributed by atoms with Crippen LogP contribution in [0.2, 0.25) is 5.02 Å². The first-order valence-corrected chi connectivity index (χ1v) is 8.29. The molecule has 0 aromatic heterocycles. The molecule has 2 rings (SSSR count). The van der Waals surface area contributed by atoms with Crippen molar-refractivity contribution in [3.8, 4) is 0 Å². The Morgan fingerprint density at radius 3 is 2.71 bits per heavy atom. The Morgan fingerprint density at radius 1 is 1.29 bits per heavy atom. The highest BCUT2D eigenvalue weighted by Gasteiger charge is 2.30. The van der Waals surface area contributed by atoms with Gasteiger partial charge in [0.2, 0.25) is 5.91 Å². The van der Waals surface area contributed by atoms with Gasteiger partial charge in [0.1, 0.15) is 0 Å². The molecule has 1 aromatic rings. The third-order valence-electron chi connectivity index (χ3n) is 4.40. The average molecular weight is 309 g/mol. The summed E-state index contributed by atoms with van der Waals surface area (Å²) in [4.78, 5) is 14.7. The summed E-state index contributed by atoms with van der Waals surface area (Å²) in [5.74, 6) is 0.154. The number of halogens is 1. The van der Waals surface area contributed by atoms with Crippen molar-refractivity contribution in [3.05, 3.63) is 34.9 Å². The fourth-order valence-electron chi connectivity index (χ4n) is 3.06. The van der Waals surface area contributed by atoms with Gasteiger partial charge in [0.15, 0.2) is 0 Å². The van der Waals surface area contributed by atoms with Gasteiger partial charge in [0.25, 0.3) is 0 Å². The number of hydrogen-bond donors (Lipinski definition) is 1. The molecule has 0 aliphatic heterocycles. The molecule has 0 spiro atoms. The van der Waals surface area contributed by atoms with E-state index in [9.17, 15) is 4.79 Å². The first-order chi connectivity index (χ1) is 10.1. The fraction of sp³-hybridized carbons (Fsp3) is 0.588. The molecule has 2 N–H and O–H groups in total. The highest BCUT2D eigenvalue weighted by Crippen LogP contribution is 2.25. The average Bonchev–Trinajstić information content (AvgIpc) is 2.70. The van der Waals surface area contributed by atoms with Gasteiger partial charge in [0.05, 0.1) is 5.92 Å². The fourth-order valence-corrected chi connectivity index (χ4v) is 3.25. The molecule has 0 bridgehead atoms. The first-order valence-electron chi connectivity index (χ1n) is 7.91. The predicted octanol–water partition coefficient (Wildman–Crippen LogP) is 3.60. The molecule has 21 heavy (non-hydrogen) atoms. The topological polar surface area (TPSA) is 46.3 Å². The minimum absolute atomic E-state index is 0.000273. The number of carbonyl (C=O) groups is 1. The van der Waals surface area contributed by atoms with Gasteiger partial charge in [-0.25, -0.2) is 0 Å². The summed E-state index contributed by atoms with van der Waals surface area (Å²) in [5, 5.41) is 0.717. The monoisotopic (exact) mass is 308 g/mol. The lowest BCUT2D eigenvalue weighted by atomic mass is 9.93. The second kappa shape index (κ2) is 7.81. The SMILES string of the molecule is CCN(Cc1ccccc1Cl)C(=O)C1CCCCCC1N. The van der Waals surface area contributed by atoms with E-state index >= 15 is 0 Å². The number of hydrogen-bond acceptors (Lipinski definition) is 2. The molecule has 1 aliphatic rings. The number of carbonyl (C=O) groups excluding carboxylic acids is 1. The summed E-state index contributed by atoms with van der Waals surface area (Å²) >= 11 is 6.21. The van der Waals surface area contributed by atoms with Crippen molar-refractivity contribution in [2.24, 2.45) is 11.7 Å². The Labute approximate surface area is 132 Å². The van der Waals surface area contributed by atoms with Crippen LogP contribution in [-0.4, -0.2) is 23.4 Å². The van der Waals surface area contributed by atoms with E-state index in [1.807, 2.05) is 36.1 Å². The second-order valence-electron chi connectivity index (χ2n) is 5.85. The summed E-state index contributed by atoms with van der Waals surface area (Å²) in [5.41, 5.74) is 7.22. The van der Waals surface area contributed by atoms with Crippen molar-refractivity contribution < 1.29 is 4.79 Å². The lowest BCUT2D eigenvalue weighted by Gasteiger charge is -2.29. The maximum Gasteiger partial charge on any atom is 0.227 e. The molecule has 2 atom stereocenters. The van der Waals surface area contributed by atoms with Crippen LogP contribution in [0.3, 0.4) is 0 Å². The quantitative estimate of drug-likeness (QED) is 0.864. The Balaban J connectivity index is 2.09. The standard InChI is InChI=1S/C17H25ClN2O/c1-2-20(12-13-8-6-7-10-15(13)18)17(21)14-9-4-3-5-11-16(14)19/h6-8,10,14,16H,2-5,9,11-12,19H2,1H3. The van der Waals surface area contributed by atoms with Crippen molar-refractivity contribution in [2.75, 3.05) is 6.54 Å². The first kappa shape index (κ1) is 16.3. The molecule has 2 unspecified atom stereocenters. The molecule has 1 saturated carbocycles. The maximum absolute atomic E-state index is 12.8. The van der Waals surface area contributed by atoms with E-state index in [1.54, 1.807) is 0 Å². The van der Waals surface area contributed by atoms with Gasteiger partial charge >= 0.3 is 0 Å². The van der Waals surface area contributed by atoms with Crippen molar-refractivity contribution in [1.29, 1.82) is 0 Å². The van der Waals surface area contributed by atoms with Crippen molar-refractivity contribution in [2.45, 2.75) is 51.6 Å². The molecule has 3 nitrogen and oxygen atoms in total. The van der Waals surface area contributed by atoms with Gasteiger partial charge in [-0.2, -0.15) is 0 Å². The summed E-state index contributed by atoms with van der Waals surface area (Å²) in [6.45, 7) is 3.27. The van der Waals surface area contributed by atoms with Gasteiger partial charge in [-0.05, 0) is 31.4 Å². The minimum atomic E-state index is -0.0325. The molecule has 4 heteroatoms. The van der Waals surface area contributed by atoms with Crippen LogP contribution in [0.15, 0.2) is 24.3 Å². The summed E-state index contributed by atoms with van der Waals surface area (Å²) in [7, 11) is 0. The van der Waals surface area contributed by atoms with E-state index in [1.165, 1.54) is 6.42 Å². The van der Waals surface area contributed by atoms with Gasteiger partial charge in [-0.15, -0.1) is 0 Å². The lowest BCUT2D eigenvalue weighted by Crippen LogP contribution is -2.43. The van der Waals surface area contributed by atoms with E-state index in [4.69, 9.17) is 17.3 Å². The predicted molar refractivity (Wildman–Crippen MR) is 87.1 cm³/mol. The molecule has 0 saturated heterocycles. The molecule has 0 radical (unpaired) electrons. The number of rotatable bonds is 4. The van der Waals surface area contributed by atoms with E-state index in [0.29, 0.717) is 18.1 Å². The molecule has 116 valence electrons. The third kappa shape index (κ3) is 4.21. The highest BCUT2D eigenvalue weighted by atomic mass is 35.5. The number of nitrogens with zero attached hydrogens (tertiary/aromatic N) is 1. The van der Waals surface area contributed by atoms with Crippen molar-refractivity contribution in [1.82, 2.24) is 4.90 Å². The lowest BCUT2D eigenvalue weighted by molar-refractivity contribution is -0.136. The molecule has 0 heterocycles. The van der Waals surface area contributed by atoms with Crippen LogP contribution in [0.4, 0.5) is 0 Å². The van der Waals surface area contributed by atoms with Crippen molar-refractivity contribution in [3.63, 3.8) is 0 Å². The molecule has 1 aliphatic carbocycles. The van der Waals surface area contributed by atoms with Gasteiger partial charge < -0.3 is 10.6 Å². The van der Waals surface area contributed by atoms with Crippen LogP contribution < -0.4 is 5.73 Å². The molecule has 1 fully saturated rings. The zero-order valence-electron chi connectivity index (χ0n) is 12.7. The molecular weight excluding hydrogens is 284 g/mol. The number of nitrogens with two attached hydrogens (primary N) is 1. The van der Waals surface area contributed by atoms with Crippen LogP contribution in [0.5, 0.6) is 0 Å². The van der Waals surface area contributed by atoms with E-state index in [0.717, 1.165) is 31.2 Å². The highest BCUT2D eigenvalue weighted by molar-refractivity contribution is 6.31. The van der Waals surface area contributed by atoms with Crippen LogP contribution >= 0.6 is 11.6 Å². The second-order valence-corrected chi connectivity index (χ2v) is 6.26. The number of benzene rings is 1.